The van der Waals surface area contributed by atoms with Crippen LogP contribution in [0.3, 0.4) is 0 Å². The largest absolute Gasteiger partial charge is 0.333 e. The molecular weight excluding hydrogens is 318 g/mol. The average Bonchev–Trinajstić information content (AvgIpc) is 3.04. The summed E-state index contributed by atoms with van der Waals surface area (Å²) in [5.74, 6) is 0. The molecule has 26 heavy (non-hydrogen) atoms. The Morgan fingerprint density at radius 1 is 0.923 bits per heavy atom. The molecule has 0 saturated carbocycles. The fourth-order valence-corrected chi connectivity index (χ4v) is 3.29. The first-order chi connectivity index (χ1) is 12.8. The highest BCUT2D eigenvalue weighted by molar-refractivity contribution is 5.99. The molecule has 0 N–H and O–H groups in total. The van der Waals surface area contributed by atoms with Gasteiger partial charge in [0.25, 0.3) is 0 Å². The number of nitriles is 2. The molecule has 0 unspecified atom stereocenters. The number of fused-ring (bicyclic) bond motifs is 2. The number of nitrogens with zero attached hydrogens (tertiary/aromatic N) is 3. The van der Waals surface area contributed by atoms with Crippen LogP contribution >= 0.6 is 0 Å². The van der Waals surface area contributed by atoms with Gasteiger partial charge in [-0.25, -0.2) is 0 Å². The van der Waals surface area contributed by atoms with Crippen molar-refractivity contribution >= 4 is 33.3 Å². The molecule has 0 fully saturated rings. The van der Waals surface area contributed by atoms with Crippen molar-refractivity contribution in [1.82, 2.24) is 4.57 Å². The van der Waals surface area contributed by atoms with Crippen molar-refractivity contribution in [2.24, 2.45) is 0 Å². The number of hydrogen-bond acceptors (Lipinski definition) is 2. The van der Waals surface area contributed by atoms with Gasteiger partial charge in [0, 0.05) is 22.7 Å². The van der Waals surface area contributed by atoms with E-state index >= 15 is 0 Å². The molecule has 0 saturated heterocycles. The summed E-state index contributed by atoms with van der Waals surface area (Å²) in [4.78, 5) is 0. The predicted octanol–water partition coefficient (Wildman–Crippen LogP) is 5.38. The molecule has 0 aliphatic carbocycles. The molecule has 3 nitrogen and oxygen atoms in total. The minimum absolute atomic E-state index is 0.284. The van der Waals surface area contributed by atoms with Crippen molar-refractivity contribution < 1.29 is 0 Å². The van der Waals surface area contributed by atoms with Crippen LogP contribution in [0.4, 0.5) is 0 Å². The summed E-state index contributed by atoms with van der Waals surface area (Å²) in [6, 6.07) is 26.6. The maximum atomic E-state index is 9.72. The molecule has 0 aliphatic heterocycles. The van der Waals surface area contributed by atoms with E-state index in [4.69, 9.17) is 5.26 Å². The van der Waals surface area contributed by atoms with Gasteiger partial charge in [0.1, 0.15) is 6.54 Å². The summed E-state index contributed by atoms with van der Waals surface area (Å²) in [5, 5.41) is 22.1. The number of rotatable bonds is 3. The SMILES string of the molecule is N#CCn1cc(C=C(C#N)c2ccc3ccccc3c2)c2ccccc21. The van der Waals surface area contributed by atoms with Gasteiger partial charge in [0.15, 0.2) is 0 Å². The molecule has 4 aromatic rings. The van der Waals surface area contributed by atoms with Gasteiger partial charge < -0.3 is 4.57 Å². The van der Waals surface area contributed by atoms with Crippen molar-refractivity contribution in [3.63, 3.8) is 0 Å². The van der Waals surface area contributed by atoms with E-state index in [2.05, 4.69) is 18.2 Å². The number of benzene rings is 3. The smallest absolute Gasteiger partial charge is 0.110 e. The van der Waals surface area contributed by atoms with Gasteiger partial charge in [-0.2, -0.15) is 10.5 Å². The van der Waals surface area contributed by atoms with E-state index in [1.54, 1.807) is 0 Å². The Morgan fingerprint density at radius 2 is 1.69 bits per heavy atom. The van der Waals surface area contributed by atoms with Crippen LogP contribution in [0.25, 0.3) is 33.3 Å². The maximum Gasteiger partial charge on any atom is 0.110 e. The monoisotopic (exact) mass is 333 g/mol. The minimum Gasteiger partial charge on any atom is -0.333 e. The standard InChI is InChI=1S/C23H15N3/c24-11-12-26-16-21(22-7-3-4-8-23(22)26)14-20(15-25)19-10-9-17-5-1-2-6-18(17)13-19/h1-10,13-14,16H,12H2. The predicted molar refractivity (Wildman–Crippen MR) is 105 cm³/mol. The zero-order valence-corrected chi connectivity index (χ0v) is 14.1. The Kier molecular flexibility index (Phi) is 3.98. The van der Waals surface area contributed by atoms with Crippen LogP contribution in [0.15, 0.2) is 72.9 Å². The molecule has 0 aliphatic rings. The summed E-state index contributed by atoms with van der Waals surface area (Å²) in [6.07, 6.45) is 3.84. The molecule has 122 valence electrons. The number of para-hydroxylation sites is 1. The Bertz CT molecular complexity index is 1230. The van der Waals surface area contributed by atoms with Crippen LogP contribution in [-0.2, 0) is 6.54 Å². The minimum atomic E-state index is 0.284. The van der Waals surface area contributed by atoms with Crippen molar-refractivity contribution in [2.45, 2.75) is 6.54 Å². The zero-order chi connectivity index (χ0) is 17.9. The molecule has 0 atom stereocenters. The number of aromatic nitrogens is 1. The van der Waals surface area contributed by atoms with Gasteiger partial charge in [0.05, 0.1) is 17.7 Å². The summed E-state index contributed by atoms with van der Waals surface area (Å²) in [7, 11) is 0. The van der Waals surface area contributed by atoms with Crippen molar-refractivity contribution in [3.8, 4) is 12.1 Å². The Labute approximate surface area is 151 Å². The van der Waals surface area contributed by atoms with E-state index < -0.39 is 0 Å². The van der Waals surface area contributed by atoms with Gasteiger partial charge in [-0.3, -0.25) is 0 Å². The van der Waals surface area contributed by atoms with Crippen LogP contribution in [0.2, 0.25) is 0 Å². The normalized spacial score (nSPS) is 11.4. The first-order valence-electron chi connectivity index (χ1n) is 8.36. The van der Waals surface area contributed by atoms with Crippen LogP contribution < -0.4 is 0 Å². The lowest BCUT2D eigenvalue weighted by atomic mass is 10.00. The van der Waals surface area contributed by atoms with Crippen molar-refractivity contribution in [1.29, 1.82) is 10.5 Å². The lowest BCUT2D eigenvalue weighted by Gasteiger charge is -2.02. The topological polar surface area (TPSA) is 52.5 Å². The van der Waals surface area contributed by atoms with E-state index in [0.29, 0.717) is 5.57 Å². The van der Waals surface area contributed by atoms with Gasteiger partial charge in [-0.1, -0.05) is 54.6 Å². The first-order valence-corrected chi connectivity index (χ1v) is 8.36. The molecule has 0 bridgehead atoms. The second kappa shape index (κ2) is 6.59. The molecule has 1 aromatic heterocycles. The molecule has 3 heteroatoms. The quantitative estimate of drug-likeness (QED) is 0.472. The Balaban J connectivity index is 1.86. The van der Waals surface area contributed by atoms with Crippen molar-refractivity contribution in [3.05, 3.63) is 84.1 Å². The molecule has 1 heterocycles. The van der Waals surface area contributed by atoms with E-state index in [1.807, 2.05) is 77.5 Å². The van der Waals surface area contributed by atoms with Crippen molar-refractivity contribution in [2.75, 3.05) is 0 Å². The van der Waals surface area contributed by atoms with Crippen LogP contribution in [0.5, 0.6) is 0 Å². The molecular formula is C23H15N3. The maximum absolute atomic E-state index is 9.72. The van der Waals surface area contributed by atoms with Gasteiger partial charge in [-0.15, -0.1) is 0 Å². The number of allylic oxidation sites excluding steroid dienone is 1. The van der Waals surface area contributed by atoms with E-state index in [-0.39, 0.29) is 6.54 Å². The van der Waals surface area contributed by atoms with Crippen LogP contribution in [0.1, 0.15) is 11.1 Å². The first kappa shape index (κ1) is 15.7. The van der Waals surface area contributed by atoms with Crippen LogP contribution in [0, 0.1) is 22.7 Å². The lowest BCUT2D eigenvalue weighted by molar-refractivity contribution is 0.873. The fourth-order valence-electron chi connectivity index (χ4n) is 3.29. The average molecular weight is 333 g/mol. The highest BCUT2D eigenvalue weighted by Crippen LogP contribution is 2.27. The summed E-state index contributed by atoms with van der Waals surface area (Å²) in [6.45, 7) is 0.284. The Morgan fingerprint density at radius 3 is 2.50 bits per heavy atom. The third-order valence-corrected chi connectivity index (χ3v) is 4.54. The highest BCUT2D eigenvalue weighted by atomic mass is 15.0. The third kappa shape index (κ3) is 2.73. The molecule has 0 radical (unpaired) electrons. The molecule has 3 aromatic carbocycles. The summed E-state index contributed by atoms with van der Waals surface area (Å²) < 4.78 is 1.91. The molecule has 4 rings (SSSR count). The Hall–Kier alpha value is -3.82. The van der Waals surface area contributed by atoms with E-state index in [0.717, 1.165) is 32.8 Å². The highest BCUT2D eigenvalue weighted by Gasteiger charge is 2.09. The van der Waals surface area contributed by atoms with Gasteiger partial charge in [-0.05, 0) is 34.5 Å². The van der Waals surface area contributed by atoms with E-state index in [1.165, 1.54) is 0 Å². The second-order valence-corrected chi connectivity index (χ2v) is 6.12. The van der Waals surface area contributed by atoms with Gasteiger partial charge in [0.2, 0.25) is 0 Å². The van der Waals surface area contributed by atoms with Crippen LogP contribution in [-0.4, -0.2) is 4.57 Å². The molecule has 0 spiro atoms. The van der Waals surface area contributed by atoms with Gasteiger partial charge >= 0.3 is 0 Å². The third-order valence-electron chi connectivity index (χ3n) is 4.54. The second-order valence-electron chi connectivity index (χ2n) is 6.12. The summed E-state index contributed by atoms with van der Waals surface area (Å²) >= 11 is 0. The fraction of sp³-hybridized carbons (Fsp3) is 0.0435. The molecule has 0 amide bonds. The van der Waals surface area contributed by atoms with E-state index in [9.17, 15) is 5.26 Å². The lowest BCUT2D eigenvalue weighted by Crippen LogP contribution is -1.91. The zero-order valence-electron chi connectivity index (χ0n) is 14.1. The summed E-state index contributed by atoms with van der Waals surface area (Å²) in [5.41, 5.74) is 3.44. The number of hydrogen-bond donors (Lipinski definition) is 0.